The van der Waals surface area contributed by atoms with Gasteiger partial charge in [0, 0.05) is 17.4 Å². The lowest BCUT2D eigenvalue weighted by Gasteiger charge is -2.32. The zero-order chi connectivity index (χ0) is 12.6. The van der Waals surface area contributed by atoms with Gasteiger partial charge in [-0.2, -0.15) is 0 Å². The van der Waals surface area contributed by atoms with E-state index in [0.717, 1.165) is 37.2 Å². The highest BCUT2D eigenvalue weighted by Crippen LogP contribution is 2.39. The first-order chi connectivity index (χ1) is 8.69. The molecule has 0 atom stereocenters. The smallest absolute Gasteiger partial charge is 0.168 e. The Kier molecular flexibility index (Phi) is 2.89. The summed E-state index contributed by atoms with van der Waals surface area (Å²) < 4.78 is 5.49. The van der Waals surface area contributed by atoms with E-state index in [2.05, 4.69) is 6.92 Å². The van der Waals surface area contributed by atoms with E-state index in [1.807, 2.05) is 18.2 Å². The highest BCUT2D eigenvalue weighted by Gasteiger charge is 2.35. The topological polar surface area (TPSA) is 26.3 Å². The molecule has 1 aromatic carbocycles. The van der Waals surface area contributed by atoms with E-state index >= 15 is 0 Å². The van der Waals surface area contributed by atoms with Crippen molar-refractivity contribution in [3.05, 3.63) is 29.3 Å². The number of hydrogen-bond donors (Lipinski definition) is 0. The number of carbonyl (C=O) groups is 1. The highest BCUT2D eigenvalue weighted by atomic mass is 16.5. The minimum absolute atomic E-state index is 0.133. The molecule has 2 heteroatoms. The molecule has 1 saturated carbocycles. The van der Waals surface area contributed by atoms with Crippen LogP contribution in [-0.4, -0.2) is 12.4 Å². The van der Waals surface area contributed by atoms with Crippen LogP contribution < -0.4 is 4.74 Å². The molecule has 1 heterocycles. The molecule has 96 valence electrons. The zero-order valence-corrected chi connectivity index (χ0v) is 11.0. The standard InChI is InChI=1S/C16H20O2/c1-16(8-3-2-4-9-16)15(17)13-5-6-14-12(11-13)7-10-18-14/h5-6,11H,2-4,7-10H2,1H3. The Morgan fingerprint density at radius 1 is 1.22 bits per heavy atom. The number of rotatable bonds is 2. The Morgan fingerprint density at radius 3 is 2.78 bits per heavy atom. The molecule has 0 aromatic heterocycles. The molecule has 0 saturated heterocycles. The Morgan fingerprint density at radius 2 is 2.00 bits per heavy atom. The second-order valence-electron chi connectivity index (χ2n) is 5.87. The Bertz CT molecular complexity index is 470. The minimum atomic E-state index is -0.133. The van der Waals surface area contributed by atoms with Crippen molar-refractivity contribution in [2.75, 3.05) is 6.61 Å². The van der Waals surface area contributed by atoms with Gasteiger partial charge in [0.05, 0.1) is 6.61 Å². The number of benzene rings is 1. The Labute approximate surface area is 108 Å². The first kappa shape index (κ1) is 11.8. The van der Waals surface area contributed by atoms with Crippen molar-refractivity contribution in [1.82, 2.24) is 0 Å². The van der Waals surface area contributed by atoms with E-state index in [1.54, 1.807) is 0 Å². The largest absolute Gasteiger partial charge is 0.493 e. The molecule has 2 aliphatic rings. The Hall–Kier alpha value is -1.31. The summed E-state index contributed by atoms with van der Waals surface area (Å²) in [5, 5.41) is 0. The van der Waals surface area contributed by atoms with E-state index in [9.17, 15) is 4.79 Å². The minimum Gasteiger partial charge on any atom is -0.493 e. The molecule has 1 aromatic rings. The van der Waals surface area contributed by atoms with Crippen molar-refractivity contribution in [1.29, 1.82) is 0 Å². The number of carbonyl (C=O) groups excluding carboxylic acids is 1. The number of hydrogen-bond acceptors (Lipinski definition) is 2. The van der Waals surface area contributed by atoms with Gasteiger partial charge in [-0.1, -0.05) is 26.2 Å². The van der Waals surface area contributed by atoms with E-state index < -0.39 is 0 Å². The highest BCUT2D eigenvalue weighted by molar-refractivity contribution is 6.00. The van der Waals surface area contributed by atoms with Crippen molar-refractivity contribution in [3.63, 3.8) is 0 Å². The summed E-state index contributed by atoms with van der Waals surface area (Å²) in [5.41, 5.74) is 1.94. The summed E-state index contributed by atoms with van der Waals surface area (Å²) in [4.78, 5) is 12.7. The fourth-order valence-corrected chi connectivity index (χ4v) is 3.24. The van der Waals surface area contributed by atoms with Crippen molar-refractivity contribution >= 4 is 5.78 Å². The lowest BCUT2D eigenvalue weighted by Crippen LogP contribution is -2.30. The van der Waals surface area contributed by atoms with Crippen LogP contribution in [0.2, 0.25) is 0 Å². The number of Topliss-reactive ketones (excluding diaryl/α,β-unsaturated/α-hetero) is 1. The maximum Gasteiger partial charge on any atom is 0.168 e. The van der Waals surface area contributed by atoms with Crippen LogP contribution in [0.15, 0.2) is 18.2 Å². The summed E-state index contributed by atoms with van der Waals surface area (Å²) in [6.45, 7) is 2.89. The fraction of sp³-hybridized carbons (Fsp3) is 0.562. The van der Waals surface area contributed by atoms with Gasteiger partial charge >= 0.3 is 0 Å². The summed E-state index contributed by atoms with van der Waals surface area (Å²) in [6.07, 6.45) is 6.68. The average Bonchev–Trinajstić information content (AvgIpc) is 2.86. The molecule has 0 bridgehead atoms. The van der Waals surface area contributed by atoms with Gasteiger partial charge in [0.25, 0.3) is 0 Å². The summed E-state index contributed by atoms with van der Waals surface area (Å²) in [6, 6.07) is 5.94. The van der Waals surface area contributed by atoms with Gasteiger partial charge in [-0.3, -0.25) is 4.79 Å². The quantitative estimate of drug-likeness (QED) is 0.740. The van der Waals surface area contributed by atoms with Gasteiger partial charge in [-0.05, 0) is 36.6 Å². The maximum atomic E-state index is 12.7. The molecular formula is C16H20O2. The monoisotopic (exact) mass is 244 g/mol. The molecule has 0 N–H and O–H groups in total. The first-order valence-electron chi connectivity index (χ1n) is 7.00. The molecule has 1 aliphatic carbocycles. The van der Waals surface area contributed by atoms with Crippen molar-refractivity contribution < 1.29 is 9.53 Å². The second kappa shape index (κ2) is 4.42. The molecular weight excluding hydrogens is 224 g/mol. The van der Waals surface area contributed by atoms with Gasteiger partial charge in [-0.25, -0.2) is 0 Å². The van der Waals surface area contributed by atoms with Crippen LogP contribution in [0.4, 0.5) is 0 Å². The van der Waals surface area contributed by atoms with E-state index in [4.69, 9.17) is 4.74 Å². The van der Waals surface area contributed by atoms with Crippen LogP contribution in [0.5, 0.6) is 5.75 Å². The third-order valence-electron chi connectivity index (χ3n) is 4.46. The van der Waals surface area contributed by atoms with Crippen LogP contribution in [0, 0.1) is 5.41 Å². The number of ketones is 1. The maximum absolute atomic E-state index is 12.7. The summed E-state index contributed by atoms with van der Waals surface area (Å²) in [5.74, 6) is 1.29. The molecule has 2 nitrogen and oxygen atoms in total. The molecule has 0 radical (unpaired) electrons. The van der Waals surface area contributed by atoms with Gasteiger partial charge in [0.15, 0.2) is 5.78 Å². The zero-order valence-electron chi connectivity index (χ0n) is 11.0. The predicted molar refractivity (Wildman–Crippen MR) is 71.2 cm³/mol. The third kappa shape index (κ3) is 1.94. The first-order valence-corrected chi connectivity index (χ1v) is 7.00. The van der Waals surface area contributed by atoms with Gasteiger partial charge in [0.1, 0.15) is 5.75 Å². The molecule has 0 amide bonds. The molecule has 0 unspecified atom stereocenters. The van der Waals surface area contributed by atoms with Crippen LogP contribution >= 0.6 is 0 Å². The van der Waals surface area contributed by atoms with Gasteiger partial charge < -0.3 is 4.74 Å². The van der Waals surface area contributed by atoms with Crippen LogP contribution in [0.1, 0.15) is 54.9 Å². The van der Waals surface area contributed by atoms with E-state index in [-0.39, 0.29) is 5.41 Å². The molecule has 0 spiro atoms. The van der Waals surface area contributed by atoms with Crippen LogP contribution in [0.3, 0.4) is 0 Å². The molecule has 3 rings (SSSR count). The van der Waals surface area contributed by atoms with Crippen molar-refractivity contribution in [3.8, 4) is 5.75 Å². The normalized spacial score (nSPS) is 21.2. The van der Waals surface area contributed by atoms with Crippen molar-refractivity contribution in [2.24, 2.45) is 5.41 Å². The summed E-state index contributed by atoms with van der Waals surface area (Å²) in [7, 11) is 0. The predicted octanol–water partition coefficient (Wildman–Crippen LogP) is 3.77. The number of ether oxygens (including phenoxy) is 1. The van der Waals surface area contributed by atoms with E-state index in [1.165, 1.54) is 24.8 Å². The SMILES string of the molecule is CC1(C(=O)c2ccc3c(c2)CCO3)CCCCC1. The summed E-state index contributed by atoms with van der Waals surface area (Å²) >= 11 is 0. The molecule has 1 aliphatic heterocycles. The van der Waals surface area contributed by atoms with Crippen LogP contribution in [-0.2, 0) is 6.42 Å². The van der Waals surface area contributed by atoms with Crippen molar-refractivity contribution in [2.45, 2.75) is 45.4 Å². The Balaban J connectivity index is 1.88. The fourth-order valence-electron chi connectivity index (χ4n) is 3.24. The third-order valence-corrected chi connectivity index (χ3v) is 4.46. The van der Waals surface area contributed by atoms with Gasteiger partial charge in [-0.15, -0.1) is 0 Å². The number of fused-ring (bicyclic) bond motifs is 1. The molecule has 1 fully saturated rings. The second-order valence-corrected chi connectivity index (χ2v) is 5.87. The lowest BCUT2D eigenvalue weighted by molar-refractivity contribution is 0.0749. The van der Waals surface area contributed by atoms with E-state index in [0.29, 0.717) is 5.78 Å². The average molecular weight is 244 g/mol. The van der Waals surface area contributed by atoms with Crippen LogP contribution in [0.25, 0.3) is 0 Å². The lowest BCUT2D eigenvalue weighted by atomic mass is 9.71. The molecule has 18 heavy (non-hydrogen) atoms. The van der Waals surface area contributed by atoms with Gasteiger partial charge in [0.2, 0.25) is 0 Å².